The first-order valence-corrected chi connectivity index (χ1v) is 10.2. The molecule has 176 valence electrons. The van der Waals surface area contributed by atoms with Crippen molar-refractivity contribution in [1.82, 2.24) is 14.8 Å². The quantitative estimate of drug-likeness (QED) is 0.242. The predicted octanol–water partition coefficient (Wildman–Crippen LogP) is 2.12. The number of carbonyl (C=O) groups excluding carboxylic acids is 1. The van der Waals surface area contributed by atoms with Gasteiger partial charge < -0.3 is 20.4 Å². The molecule has 0 fully saturated rings. The first-order chi connectivity index (χ1) is 15.8. The van der Waals surface area contributed by atoms with Crippen molar-refractivity contribution < 1.29 is 24.2 Å². The summed E-state index contributed by atoms with van der Waals surface area (Å²) < 4.78 is 14.5. The van der Waals surface area contributed by atoms with Crippen LogP contribution in [0.4, 0.5) is 10.2 Å². The van der Waals surface area contributed by atoms with E-state index in [1.54, 1.807) is 31.2 Å². The smallest absolute Gasteiger partial charge is 0.290 e. The van der Waals surface area contributed by atoms with Crippen LogP contribution in [0.5, 0.6) is 0 Å². The second-order valence-electron chi connectivity index (χ2n) is 7.29. The maximum absolute atomic E-state index is 14.5. The minimum absolute atomic E-state index is 0.0518. The van der Waals surface area contributed by atoms with Gasteiger partial charge in [-0.2, -0.15) is 0 Å². The summed E-state index contributed by atoms with van der Waals surface area (Å²) in [6, 6.07) is 7.24. The average molecular weight is 458 g/mol. The summed E-state index contributed by atoms with van der Waals surface area (Å²) in [6.45, 7) is 5.42. The number of anilines is 1. The fourth-order valence-electron chi connectivity index (χ4n) is 3.34. The Kier molecular flexibility index (Phi) is 9.13. The molecule has 0 bridgehead atoms. The number of halogens is 1. The number of hydrogen-bond donors (Lipinski definition) is 5. The predicted molar refractivity (Wildman–Crippen MR) is 121 cm³/mol. The highest BCUT2D eigenvalue weighted by Crippen LogP contribution is 2.26. The highest BCUT2D eigenvalue weighted by Gasteiger charge is 2.23. The molecule has 1 atom stereocenters. The lowest BCUT2D eigenvalue weighted by atomic mass is 10.1. The number of benzene rings is 1. The van der Waals surface area contributed by atoms with Gasteiger partial charge in [-0.25, -0.2) is 9.37 Å². The second kappa shape index (κ2) is 11.8. The van der Waals surface area contributed by atoms with Gasteiger partial charge in [0.25, 0.3) is 12.4 Å². The first kappa shape index (κ1) is 25.6. The van der Waals surface area contributed by atoms with E-state index in [2.05, 4.69) is 15.2 Å². The second-order valence-corrected chi connectivity index (χ2v) is 7.29. The number of aromatic nitrogens is 1. The van der Waals surface area contributed by atoms with Gasteiger partial charge in [0, 0.05) is 13.1 Å². The minimum Gasteiger partial charge on any atom is -0.483 e. The maximum atomic E-state index is 14.5. The molecule has 2 aromatic rings. The van der Waals surface area contributed by atoms with Gasteiger partial charge in [-0.1, -0.05) is 13.0 Å². The van der Waals surface area contributed by atoms with Gasteiger partial charge in [0.15, 0.2) is 5.84 Å². The van der Waals surface area contributed by atoms with Gasteiger partial charge in [0.2, 0.25) is 0 Å². The molecule has 1 amide bonds. The Bertz CT molecular complexity index is 1030. The van der Waals surface area contributed by atoms with E-state index in [1.807, 2.05) is 6.92 Å². The van der Waals surface area contributed by atoms with Crippen LogP contribution in [-0.2, 0) is 17.9 Å². The molecule has 5 N–H and O–H groups in total. The molecule has 2 heterocycles. The van der Waals surface area contributed by atoms with Crippen LogP contribution in [0.15, 0.2) is 30.3 Å². The van der Waals surface area contributed by atoms with E-state index in [1.165, 1.54) is 11.0 Å². The Morgan fingerprint density at radius 3 is 2.58 bits per heavy atom. The van der Waals surface area contributed by atoms with E-state index in [0.717, 1.165) is 24.0 Å². The van der Waals surface area contributed by atoms with E-state index in [-0.39, 0.29) is 36.0 Å². The van der Waals surface area contributed by atoms with E-state index in [9.17, 15) is 14.3 Å². The molecule has 33 heavy (non-hydrogen) atoms. The van der Waals surface area contributed by atoms with E-state index in [4.69, 9.17) is 20.7 Å². The summed E-state index contributed by atoms with van der Waals surface area (Å²) in [6.07, 6.45) is 0.940. The number of rotatable bonds is 7. The van der Waals surface area contributed by atoms with Crippen molar-refractivity contribution in [3.63, 3.8) is 0 Å². The lowest BCUT2D eigenvalue weighted by Gasteiger charge is -2.25. The van der Waals surface area contributed by atoms with Crippen LogP contribution in [0.2, 0.25) is 0 Å². The van der Waals surface area contributed by atoms with Crippen LogP contribution >= 0.6 is 0 Å². The molecule has 1 aliphatic rings. The zero-order valence-corrected chi connectivity index (χ0v) is 18.4. The number of pyridine rings is 1. The average Bonchev–Trinajstić information content (AvgIpc) is 3.21. The zero-order valence-electron chi connectivity index (χ0n) is 18.4. The molecule has 0 spiro atoms. The largest absolute Gasteiger partial charge is 0.483 e. The number of aliphatic hydroxyl groups excluding tert-OH is 1. The molecule has 1 aromatic heterocycles. The van der Waals surface area contributed by atoms with Crippen molar-refractivity contribution in [2.75, 3.05) is 18.5 Å². The van der Waals surface area contributed by atoms with Crippen LogP contribution < -0.4 is 5.32 Å². The number of fused-ring (bicyclic) bond motifs is 1. The van der Waals surface area contributed by atoms with E-state index < -0.39 is 17.8 Å². The Morgan fingerprint density at radius 1 is 1.36 bits per heavy atom. The van der Waals surface area contributed by atoms with Crippen molar-refractivity contribution in [2.45, 2.75) is 33.0 Å². The number of carboxylic acid groups (broad SMARTS) is 1. The summed E-state index contributed by atoms with van der Waals surface area (Å²) in [5.41, 5.74) is 1.99. The van der Waals surface area contributed by atoms with Crippen molar-refractivity contribution in [1.29, 1.82) is 10.8 Å². The summed E-state index contributed by atoms with van der Waals surface area (Å²) in [5.74, 6) is -1.13. The number of nitrogens with zero attached hydrogens (tertiary/aromatic N) is 3. The van der Waals surface area contributed by atoms with Crippen LogP contribution in [0, 0.1) is 16.6 Å². The number of nitrogens with one attached hydrogen (secondary N) is 3. The van der Waals surface area contributed by atoms with E-state index >= 15 is 0 Å². The zero-order chi connectivity index (χ0) is 24.5. The highest BCUT2D eigenvalue weighted by molar-refractivity contribution is 6.05. The number of carbonyl (C=O) groups is 2. The molecule has 11 heteroatoms. The monoisotopic (exact) mass is 458 g/mol. The fraction of sp³-hybridized carbons (Fsp3) is 0.318. The Hall–Kier alpha value is -3.70. The van der Waals surface area contributed by atoms with Crippen LogP contribution in [-0.4, -0.2) is 68.7 Å². The fourth-order valence-corrected chi connectivity index (χ4v) is 3.34. The number of hydrogen-bond acceptors (Lipinski definition) is 7. The Balaban J connectivity index is 0.00000122. The molecule has 0 saturated carbocycles. The lowest BCUT2D eigenvalue weighted by Crippen LogP contribution is -2.39. The standard InChI is InChI=1S/C21H25FN6O2.CH2O2/c1-3-27-9-14-7-16(17(22)8-15(14)10-27)21(30)26-19-6-4-5-18(25-19)20(24)28(12-23)13(2)11-29;2-1-3/h4-8,12-13,23-24,29H,3,9-11H2,1-2H3,(H,25,26,30);1H,(H,2,3). The van der Waals surface area contributed by atoms with Crippen LogP contribution in [0.1, 0.15) is 41.0 Å². The van der Waals surface area contributed by atoms with Gasteiger partial charge in [0.05, 0.1) is 24.6 Å². The van der Waals surface area contributed by atoms with Gasteiger partial charge >= 0.3 is 0 Å². The Morgan fingerprint density at radius 2 is 2.00 bits per heavy atom. The molecule has 0 radical (unpaired) electrons. The Labute approximate surface area is 190 Å². The van der Waals surface area contributed by atoms with Crippen molar-refractivity contribution in [3.05, 3.63) is 58.5 Å². The summed E-state index contributed by atoms with van der Waals surface area (Å²) in [4.78, 5) is 28.7. The highest BCUT2D eigenvalue weighted by atomic mass is 19.1. The van der Waals surface area contributed by atoms with E-state index in [0.29, 0.717) is 13.1 Å². The maximum Gasteiger partial charge on any atom is 0.290 e. The van der Waals surface area contributed by atoms with Crippen molar-refractivity contribution in [3.8, 4) is 0 Å². The molecule has 0 saturated heterocycles. The third-order valence-electron chi connectivity index (χ3n) is 5.14. The van der Waals surface area contributed by atoms with Crippen molar-refractivity contribution in [2.24, 2.45) is 0 Å². The van der Waals surface area contributed by atoms with Crippen molar-refractivity contribution >= 4 is 30.4 Å². The third-order valence-corrected chi connectivity index (χ3v) is 5.14. The van der Waals surface area contributed by atoms with Gasteiger partial charge in [-0.15, -0.1) is 0 Å². The van der Waals surface area contributed by atoms with Crippen LogP contribution in [0.3, 0.4) is 0 Å². The normalized spacial score (nSPS) is 13.2. The van der Waals surface area contributed by atoms with Gasteiger partial charge in [0.1, 0.15) is 17.3 Å². The first-order valence-electron chi connectivity index (χ1n) is 10.2. The summed E-state index contributed by atoms with van der Waals surface area (Å²) >= 11 is 0. The van der Waals surface area contributed by atoms with Crippen LogP contribution in [0.25, 0.3) is 0 Å². The topological polar surface area (TPSA) is 154 Å². The summed E-state index contributed by atoms with van der Waals surface area (Å²) in [5, 5.41) is 34.5. The minimum atomic E-state index is -0.617. The molecule has 10 nitrogen and oxygen atoms in total. The summed E-state index contributed by atoms with van der Waals surface area (Å²) in [7, 11) is 0. The molecule has 3 rings (SSSR count). The molecule has 1 aromatic carbocycles. The lowest BCUT2D eigenvalue weighted by molar-refractivity contribution is -0.122. The molecular weight excluding hydrogens is 431 g/mol. The molecular formula is C22H27FN6O4. The van der Waals surface area contributed by atoms with Gasteiger partial charge in [-0.3, -0.25) is 25.3 Å². The number of amides is 1. The molecule has 1 aliphatic heterocycles. The number of aliphatic hydroxyl groups is 1. The third kappa shape index (κ3) is 6.18. The number of amidine groups is 1. The SMILES string of the molecule is CCN1Cc2cc(F)c(C(=O)Nc3cccc(C(=N)N(C=N)C(C)CO)n3)cc2C1.O=CO. The molecule has 0 aliphatic carbocycles. The molecule has 1 unspecified atom stereocenters. The van der Waals surface area contributed by atoms with Gasteiger partial charge in [-0.05, 0) is 48.9 Å².